The van der Waals surface area contributed by atoms with E-state index in [9.17, 15) is 0 Å². The van der Waals surface area contributed by atoms with E-state index in [-0.39, 0.29) is 6.79 Å². The summed E-state index contributed by atoms with van der Waals surface area (Å²) in [6, 6.07) is 13.5. The Hall–Kier alpha value is -3.10. The highest BCUT2D eigenvalue weighted by atomic mass is 32.1. The first-order valence-corrected chi connectivity index (χ1v) is 9.52. The molecule has 29 heavy (non-hydrogen) atoms. The van der Waals surface area contributed by atoms with Crippen molar-refractivity contribution < 1.29 is 18.6 Å². The molecule has 0 aliphatic carbocycles. The SMILES string of the molecule is C=CCOc1ccc(CN(C)Cn2nc(-c3ccc4c(c3)OCO4)oc2=S)cc1. The number of aromatic nitrogens is 2. The van der Waals surface area contributed by atoms with Crippen molar-refractivity contribution in [1.29, 1.82) is 0 Å². The predicted molar refractivity (Wildman–Crippen MR) is 110 cm³/mol. The van der Waals surface area contributed by atoms with Gasteiger partial charge >= 0.3 is 0 Å². The fraction of sp³-hybridized carbons (Fsp3) is 0.238. The van der Waals surface area contributed by atoms with E-state index in [4.69, 9.17) is 30.8 Å². The lowest BCUT2D eigenvalue weighted by atomic mass is 10.2. The van der Waals surface area contributed by atoms with Gasteiger partial charge in [-0.25, -0.2) is 4.68 Å². The Kier molecular flexibility index (Phi) is 5.64. The number of ether oxygens (including phenoxy) is 3. The zero-order chi connectivity index (χ0) is 20.2. The molecular formula is C21H21N3O4S. The molecule has 2 aromatic carbocycles. The van der Waals surface area contributed by atoms with Crippen LogP contribution in [0.25, 0.3) is 11.5 Å². The van der Waals surface area contributed by atoms with E-state index in [2.05, 4.69) is 16.6 Å². The molecule has 0 atom stereocenters. The maximum atomic E-state index is 5.68. The largest absolute Gasteiger partial charge is 0.490 e. The number of benzene rings is 2. The van der Waals surface area contributed by atoms with Crippen molar-refractivity contribution in [1.82, 2.24) is 14.7 Å². The molecule has 0 amide bonds. The third-order valence-electron chi connectivity index (χ3n) is 4.34. The van der Waals surface area contributed by atoms with Crippen molar-refractivity contribution in [3.8, 4) is 28.7 Å². The quantitative estimate of drug-likeness (QED) is 0.405. The molecular weight excluding hydrogens is 390 g/mol. The Balaban J connectivity index is 1.41. The van der Waals surface area contributed by atoms with Crippen LogP contribution >= 0.6 is 12.2 Å². The lowest BCUT2D eigenvalue weighted by molar-refractivity contribution is 0.174. The summed E-state index contributed by atoms with van der Waals surface area (Å²) in [7, 11) is 2.00. The summed E-state index contributed by atoms with van der Waals surface area (Å²) in [6.07, 6.45) is 1.72. The van der Waals surface area contributed by atoms with Crippen molar-refractivity contribution in [3.63, 3.8) is 0 Å². The molecule has 0 bridgehead atoms. The minimum atomic E-state index is 0.225. The highest BCUT2D eigenvalue weighted by molar-refractivity contribution is 7.71. The number of fused-ring (bicyclic) bond motifs is 1. The van der Waals surface area contributed by atoms with Crippen LogP contribution in [0.4, 0.5) is 0 Å². The van der Waals surface area contributed by atoms with E-state index in [0.29, 0.717) is 35.5 Å². The van der Waals surface area contributed by atoms with Crippen LogP contribution in [-0.2, 0) is 13.2 Å². The van der Waals surface area contributed by atoms with Gasteiger partial charge in [-0.15, -0.1) is 5.10 Å². The zero-order valence-electron chi connectivity index (χ0n) is 16.0. The van der Waals surface area contributed by atoms with E-state index in [0.717, 1.165) is 23.4 Å². The molecule has 1 aromatic heterocycles. The summed E-state index contributed by atoms with van der Waals surface area (Å²) >= 11 is 5.34. The summed E-state index contributed by atoms with van der Waals surface area (Å²) in [5.74, 6) is 2.66. The second-order valence-corrected chi connectivity index (χ2v) is 6.99. The second kappa shape index (κ2) is 8.50. The van der Waals surface area contributed by atoms with Gasteiger partial charge in [-0.1, -0.05) is 24.8 Å². The molecule has 0 unspecified atom stereocenters. The standard InChI is InChI=1S/C21H21N3O4S/c1-3-10-25-17-7-4-15(5-8-17)12-23(2)13-24-21(29)28-20(22-24)16-6-9-18-19(11-16)27-14-26-18/h3-9,11H,1,10,12-14H2,2H3. The van der Waals surface area contributed by atoms with Crippen molar-refractivity contribution in [2.24, 2.45) is 0 Å². The second-order valence-electron chi connectivity index (χ2n) is 6.64. The molecule has 2 heterocycles. The first kappa shape index (κ1) is 19.2. The van der Waals surface area contributed by atoms with Crippen molar-refractivity contribution in [3.05, 3.63) is 65.5 Å². The van der Waals surface area contributed by atoms with E-state index >= 15 is 0 Å². The Bertz CT molecular complexity index is 1060. The van der Waals surface area contributed by atoms with E-state index in [1.54, 1.807) is 10.8 Å². The van der Waals surface area contributed by atoms with Crippen LogP contribution in [-0.4, -0.2) is 35.1 Å². The lowest BCUT2D eigenvalue weighted by Crippen LogP contribution is -2.22. The van der Waals surface area contributed by atoms with Gasteiger partial charge in [0.25, 0.3) is 4.84 Å². The summed E-state index contributed by atoms with van der Waals surface area (Å²) < 4.78 is 23.6. The van der Waals surface area contributed by atoms with Gasteiger partial charge in [0, 0.05) is 12.1 Å². The summed E-state index contributed by atoms with van der Waals surface area (Å²) in [5.41, 5.74) is 1.95. The van der Waals surface area contributed by atoms with Gasteiger partial charge in [0.05, 0.1) is 6.67 Å². The summed E-state index contributed by atoms with van der Waals surface area (Å²) in [4.78, 5) is 2.42. The Labute approximate surface area is 173 Å². The van der Waals surface area contributed by atoms with Crippen LogP contribution in [0.3, 0.4) is 0 Å². The number of nitrogens with zero attached hydrogens (tertiary/aromatic N) is 3. The molecule has 0 N–H and O–H groups in total. The Morgan fingerprint density at radius 3 is 2.79 bits per heavy atom. The fourth-order valence-corrected chi connectivity index (χ4v) is 3.16. The fourth-order valence-electron chi connectivity index (χ4n) is 2.98. The maximum Gasteiger partial charge on any atom is 0.288 e. The van der Waals surface area contributed by atoms with Crippen LogP contribution in [0.2, 0.25) is 0 Å². The van der Waals surface area contributed by atoms with Gasteiger partial charge < -0.3 is 18.6 Å². The highest BCUT2D eigenvalue weighted by Gasteiger charge is 2.17. The van der Waals surface area contributed by atoms with Crippen LogP contribution in [0.1, 0.15) is 5.56 Å². The minimum Gasteiger partial charge on any atom is -0.490 e. The maximum absolute atomic E-state index is 5.68. The van der Waals surface area contributed by atoms with Gasteiger partial charge in [0.15, 0.2) is 11.5 Å². The molecule has 8 heteroatoms. The van der Waals surface area contributed by atoms with Gasteiger partial charge in [-0.3, -0.25) is 4.90 Å². The van der Waals surface area contributed by atoms with Crippen LogP contribution in [0.15, 0.2) is 59.5 Å². The normalized spacial score (nSPS) is 12.3. The third kappa shape index (κ3) is 4.49. The van der Waals surface area contributed by atoms with E-state index in [1.807, 2.05) is 49.5 Å². The average molecular weight is 411 g/mol. The predicted octanol–water partition coefficient (Wildman–Crippen LogP) is 4.26. The van der Waals surface area contributed by atoms with Crippen molar-refractivity contribution in [2.45, 2.75) is 13.2 Å². The molecule has 0 fully saturated rings. The van der Waals surface area contributed by atoms with Crippen molar-refractivity contribution >= 4 is 12.2 Å². The topological polar surface area (TPSA) is 61.9 Å². The Morgan fingerprint density at radius 1 is 1.21 bits per heavy atom. The van der Waals surface area contributed by atoms with E-state index in [1.165, 1.54) is 0 Å². The zero-order valence-corrected chi connectivity index (χ0v) is 16.9. The molecule has 3 aromatic rings. The van der Waals surface area contributed by atoms with Gasteiger partial charge in [-0.2, -0.15) is 0 Å². The van der Waals surface area contributed by atoms with Gasteiger partial charge in [0.1, 0.15) is 12.4 Å². The molecule has 150 valence electrons. The average Bonchev–Trinajstić information content (AvgIpc) is 3.33. The molecule has 7 nitrogen and oxygen atoms in total. The molecule has 0 radical (unpaired) electrons. The number of hydrogen-bond donors (Lipinski definition) is 0. The molecule has 0 saturated carbocycles. The highest BCUT2D eigenvalue weighted by Crippen LogP contribution is 2.35. The van der Waals surface area contributed by atoms with Crippen LogP contribution in [0, 0.1) is 4.84 Å². The van der Waals surface area contributed by atoms with Crippen LogP contribution in [0.5, 0.6) is 17.2 Å². The van der Waals surface area contributed by atoms with Gasteiger partial charge in [0.2, 0.25) is 12.7 Å². The molecule has 0 saturated heterocycles. The van der Waals surface area contributed by atoms with Crippen LogP contribution < -0.4 is 14.2 Å². The molecule has 0 spiro atoms. The van der Waals surface area contributed by atoms with E-state index < -0.39 is 0 Å². The monoisotopic (exact) mass is 411 g/mol. The molecule has 4 rings (SSSR count). The summed E-state index contributed by atoms with van der Waals surface area (Å²) in [5, 5.41) is 4.51. The third-order valence-corrected chi connectivity index (χ3v) is 4.64. The van der Waals surface area contributed by atoms with Gasteiger partial charge in [-0.05, 0) is 55.2 Å². The number of rotatable bonds is 8. The Morgan fingerprint density at radius 2 is 2.00 bits per heavy atom. The minimum absolute atomic E-state index is 0.225. The lowest BCUT2D eigenvalue weighted by Gasteiger charge is -2.16. The summed E-state index contributed by atoms with van der Waals surface area (Å²) in [6.45, 7) is 5.60. The first-order valence-electron chi connectivity index (χ1n) is 9.11. The molecule has 1 aliphatic heterocycles. The molecule has 1 aliphatic rings. The first-order chi connectivity index (χ1) is 14.1. The number of hydrogen-bond acceptors (Lipinski definition) is 7. The van der Waals surface area contributed by atoms with Crippen molar-refractivity contribution in [2.75, 3.05) is 20.4 Å². The smallest absolute Gasteiger partial charge is 0.288 e.